The van der Waals surface area contributed by atoms with Crippen molar-refractivity contribution in [3.63, 3.8) is 0 Å². The minimum atomic E-state index is 0.610. The number of nitrogens with zero attached hydrogens (tertiary/aromatic N) is 2. The topological polar surface area (TPSA) is 37.8 Å². The molecule has 1 N–H and O–H groups in total. The van der Waals surface area contributed by atoms with Crippen LogP contribution in [-0.2, 0) is 0 Å². The molecule has 0 saturated heterocycles. The maximum atomic E-state index is 4.73. The van der Waals surface area contributed by atoms with Crippen LogP contribution in [0.3, 0.4) is 0 Å². The van der Waals surface area contributed by atoms with E-state index in [0.717, 1.165) is 33.2 Å². The van der Waals surface area contributed by atoms with Gasteiger partial charge < -0.3 is 5.32 Å². The monoisotopic (exact) mass is 323 g/mol. The Hall–Kier alpha value is -0.940. The summed E-state index contributed by atoms with van der Waals surface area (Å²) in [5, 5.41) is 5.37. The highest BCUT2D eigenvalue weighted by Crippen LogP contribution is 2.44. The number of aromatic nitrogens is 2. The molecule has 1 aliphatic carbocycles. The molecule has 2 heterocycles. The molecule has 1 fully saturated rings. The molecule has 1 saturated carbocycles. The van der Waals surface area contributed by atoms with Gasteiger partial charge in [-0.3, -0.25) is 0 Å². The smallest absolute Gasteiger partial charge is 0.171 e. The number of anilines is 1. The van der Waals surface area contributed by atoms with Crippen molar-refractivity contribution in [2.75, 3.05) is 11.9 Å². The van der Waals surface area contributed by atoms with E-state index in [9.17, 15) is 0 Å². The molecule has 18 heavy (non-hydrogen) atoms. The number of hydrogen-bond donors (Lipinski definition) is 1. The van der Waals surface area contributed by atoms with E-state index in [-0.39, 0.29) is 0 Å². The Morgan fingerprint density at radius 1 is 1.44 bits per heavy atom. The minimum absolute atomic E-state index is 0.610. The molecule has 2 aromatic heterocycles. The quantitative estimate of drug-likeness (QED) is 0.912. The van der Waals surface area contributed by atoms with E-state index in [0.29, 0.717) is 5.92 Å². The second-order valence-corrected chi connectivity index (χ2v) is 6.12. The summed E-state index contributed by atoms with van der Waals surface area (Å²) in [6, 6.07) is 4.11. The fourth-order valence-corrected chi connectivity index (χ4v) is 3.19. The van der Waals surface area contributed by atoms with Crippen molar-refractivity contribution in [1.82, 2.24) is 9.97 Å². The molecular weight excluding hydrogens is 310 g/mol. The van der Waals surface area contributed by atoms with E-state index in [1.807, 2.05) is 6.07 Å². The molecule has 0 aromatic carbocycles. The second kappa shape index (κ2) is 4.97. The van der Waals surface area contributed by atoms with Gasteiger partial charge in [0.1, 0.15) is 5.82 Å². The molecule has 1 aliphatic rings. The molecule has 0 bridgehead atoms. The number of nitrogens with one attached hydrogen (secondary N) is 1. The lowest BCUT2D eigenvalue weighted by molar-refractivity contribution is 0.976. The van der Waals surface area contributed by atoms with Crippen molar-refractivity contribution in [3.8, 4) is 10.7 Å². The van der Waals surface area contributed by atoms with E-state index in [1.54, 1.807) is 11.3 Å². The van der Waals surface area contributed by atoms with E-state index in [2.05, 4.69) is 44.6 Å². The van der Waals surface area contributed by atoms with E-state index in [4.69, 9.17) is 4.98 Å². The normalized spacial score (nSPS) is 14.8. The summed E-state index contributed by atoms with van der Waals surface area (Å²) in [6.07, 6.45) is 2.48. The Labute approximate surface area is 119 Å². The molecule has 0 spiro atoms. The minimum Gasteiger partial charge on any atom is -0.369 e. The largest absolute Gasteiger partial charge is 0.369 e. The van der Waals surface area contributed by atoms with Crippen molar-refractivity contribution >= 4 is 33.1 Å². The number of halogens is 1. The Kier molecular flexibility index (Phi) is 3.35. The van der Waals surface area contributed by atoms with E-state index in [1.165, 1.54) is 12.8 Å². The van der Waals surface area contributed by atoms with Gasteiger partial charge in [0.25, 0.3) is 0 Å². The summed E-state index contributed by atoms with van der Waals surface area (Å²) in [7, 11) is 0. The Balaban J connectivity index is 2.09. The van der Waals surface area contributed by atoms with Crippen LogP contribution < -0.4 is 5.32 Å². The lowest BCUT2D eigenvalue weighted by Crippen LogP contribution is -2.05. The maximum absolute atomic E-state index is 4.73. The zero-order valence-corrected chi connectivity index (χ0v) is 12.5. The summed E-state index contributed by atoms with van der Waals surface area (Å²) in [4.78, 5) is 10.5. The van der Waals surface area contributed by atoms with Crippen LogP contribution >= 0.6 is 27.3 Å². The van der Waals surface area contributed by atoms with Gasteiger partial charge in [0.15, 0.2) is 5.82 Å². The van der Waals surface area contributed by atoms with Crippen LogP contribution in [0.2, 0.25) is 0 Å². The molecule has 2 aromatic rings. The van der Waals surface area contributed by atoms with Crippen LogP contribution in [0.4, 0.5) is 5.82 Å². The highest BCUT2D eigenvalue weighted by molar-refractivity contribution is 9.10. The van der Waals surface area contributed by atoms with Gasteiger partial charge in [-0.15, -0.1) is 11.3 Å². The summed E-state index contributed by atoms with van der Waals surface area (Å²) >= 11 is 5.32. The van der Waals surface area contributed by atoms with Gasteiger partial charge in [0.05, 0.1) is 15.0 Å². The molecular formula is C13H14BrN3S. The average molecular weight is 324 g/mol. The fraction of sp³-hybridized carbons (Fsp3) is 0.385. The molecule has 94 valence electrons. The van der Waals surface area contributed by atoms with E-state index >= 15 is 0 Å². The molecule has 3 nitrogen and oxygen atoms in total. The predicted molar refractivity (Wildman–Crippen MR) is 79.2 cm³/mol. The third-order valence-electron chi connectivity index (χ3n) is 2.93. The van der Waals surface area contributed by atoms with Gasteiger partial charge in [-0.1, -0.05) is 6.07 Å². The molecule has 0 aliphatic heterocycles. The maximum Gasteiger partial charge on any atom is 0.171 e. The Bertz CT molecular complexity index is 550. The Morgan fingerprint density at radius 2 is 2.28 bits per heavy atom. The van der Waals surface area contributed by atoms with Gasteiger partial charge in [-0.25, -0.2) is 9.97 Å². The van der Waals surface area contributed by atoms with Crippen LogP contribution in [0.15, 0.2) is 22.0 Å². The number of rotatable bonds is 4. The van der Waals surface area contributed by atoms with Crippen molar-refractivity contribution < 1.29 is 0 Å². The van der Waals surface area contributed by atoms with Crippen LogP contribution in [0, 0.1) is 0 Å². The highest BCUT2D eigenvalue weighted by atomic mass is 79.9. The van der Waals surface area contributed by atoms with Crippen LogP contribution in [0.1, 0.15) is 31.4 Å². The average Bonchev–Trinajstić information content (AvgIpc) is 3.06. The SMILES string of the molecule is CCNc1nc(-c2cccs2)nc(C2CC2)c1Br. The summed E-state index contributed by atoms with van der Waals surface area (Å²) in [6.45, 7) is 2.94. The van der Waals surface area contributed by atoms with Crippen molar-refractivity contribution in [2.45, 2.75) is 25.7 Å². The first-order valence-electron chi connectivity index (χ1n) is 6.14. The first-order valence-corrected chi connectivity index (χ1v) is 7.82. The molecule has 0 amide bonds. The standard InChI is InChI=1S/C13H14BrN3S/c1-2-15-13-10(14)11(8-5-6-8)16-12(17-13)9-4-3-7-18-9/h3-4,7-8H,2,5-6H2,1H3,(H,15,16,17). The third-order valence-corrected chi connectivity index (χ3v) is 4.57. The number of thiophene rings is 1. The first kappa shape index (κ1) is 12.1. The zero-order chi connectivity index (χ0) is 12.5. The van der Waals surface area contributed by atoms with Gasteiger partial charge in [0.2, 0.25) is 0 Å². The molecule has 3 rings (SSSR count). The van der Waals surface area contributed by atoms with Gasteiger partial charge in [-0.2, -0.15) is 0 Å². The summed E-state index contributed by atoms with van der Waals surface area (Å²) in [5.74, 6) is 2.36. The zero-order valence-electron chi connectivity index (χ0n) is 10.1. The molecule has 0 atom stereocenters. The predicted octanol–water partition coefficient (Wildman–Crippen LogP) is 4.28. The summed E-state index contributed by atoms with van der Waals surface area (Å²) in [5.41, 5.74) is 1.16. The van der Waals surface area contributed by atoms with Crippen LogP contribution in [0.25, 0.3) is 10.7 Å². The van der Waals surface area contributed by atoms with E-state index < -0.39 is 0 Å². The second-order valence-electron chi connectivity index (χ2n) is 4.38. The lowest BCUT2D eigenvalue weighted by atomic mass is 10.2. The Morgan fingerprint density at radius 3 is 2.89 bits per heavy atom. The van der Waals surface area contributed by atoms with Gasteiger partial charge in [-0.05, 0) is 47.1 Å². The molecule has 0 radical (unpaired) electrons. The summed E-state index contributed by atoms with van der Waals surface area (Å²) < 4.78 is 1.03. The van der Waals surface area contributed by atoms with Gasteiger partial charge >= 0.3 is 0 Å². The van der Waals surface area contributed by atoms with Crippen molar-refractivity contribution in [3.05, 3.63) is 27.7 Å². The number of hydrogen-bond acceptors (Lipinski definition) is 4. The third kappa shape index (κ3) is 2.29. The van der Waals surface area contributed by atoms with Crippen molar-refractivity contribution in [2.24, 2.45) is 0 Å². The van der Waals surface area contributed by atoms with Crippen molar-refractivity contribution in [1.29, 1.82) is 0 Å². The highest BCUT2D eigenvalue weighted by Gasteiger charge is 2.29. The van der Waals surface area contributed by atoms with Gasteiger partial charge in [0, 0.05) is 12.5 Å². The molecule has 5 heteroatoms. The fourth-order valence-electron chi connectivity index (χ4n) is 1.89. The lowest BCUT2D eigenvalue weighted by Gasteiger charge is -2.11. The van der Waals surface area contributed by atoms with Crippen LogP contribution in [-0.4, -0.2) is 16.5 Å². The van der Waals surface area contributed by atoms with Crippen LogP contribution in [0.5, 0.6) is 0 Å². The molecule has 0 unspecified atom stereocenters. The first-order chi connectivity index (χ1) is 8.79.